The predicted octanol–water partition coefficient (Wildman–Crippen LogP) is -1.13. The molecule has 0 bridgehead atoms. The standard InChI is InChI=1S/C15H21FN2O6S/c1-25(22,23)18-8-12-15(21)14(20)11(24-12)6-13(19)17-7-9-2-4-10(16)5-3-9/h2-5,11-12,14-15,18,20-21H,6-8H2,1H3,(H,17,19)/t11-,12+,14-,15+/m0/s1. The SMILES string of the molecule is CS(=O)(=O)NC[C@H]1O[C@@H](CC(=O)NCc2ccc(F)cc2)[C@H](O)[C@@H]1O. The smallest absolute Gasteiger partial charge is 0.222 e. The van der Waals surface area contributed by atoms with E-state index < -0.39 is 40.3 Å². The minimum atomic E-state index is -3.46. The van der Waals surface area contributed by atoms with Crippen LogP contribution >= 0.6 is 0 Å². The van der Waals surface area contributed by atoms with Crippen LogP contribution in [0.4, 0.5) is 4.39 Å². The average Bonchev–Trinajstić information content (AvgIpc) is 2.80. The first-order chi connectivity index (χ1) is 11.7. The van der Waals surface area contributed by atoms with Gasteiger partial charge in [-0.1, -0.05) is 12.1 Å². The molecule has 1 aliphatic rings. The Bertz CT molecular complexity index is 696. The van der Waals surface area contributed by atoms with Crippen LogP contribution in [0.2, 0.25) is 0 Å². The molecule has 0 spiro atoms. The Morgan fingerprint density at radius 2 is 1.80 bits per heavy atom. The van der Waals surface area contributed by atoms with Crippen LogP contribution in [0.25, 0.3) is 0 Å². The lowest BCUT2D eigenvalue weighted by Gasteiger charge is -2.14. The van der Waals surface area contributed by atoms with Gasteiger partial charge < -0.3 is 20.3 Å². The molecule has 0 aliphatic carbocycles. The number of rotatable bonds is 7. The number of aliphatic hydroxyl groups excluding tert-OH is 2. The highest BCUT2D eigenvalue weighted by Gasteiger charge is 2.43. The lowest BCUT2D eigenvalue weighted by atomic mass is 10.1. The summed E-state index contributed by atoms with van der Waals surface area (Å²) in [6, 6.07) is 5.63. The van der Waals surface area contributed by atoms with E-state index in [1.165, 1.54) is 24.3 Å². The van der Waals surface area contributed by atoms with E-state index in [0.717, 1.165) is 6.26 Å². The molecule has 4 N–H and O–H groups in total. The van der Waals surface area contributed by atoms with Crippen LogP contribution in [-0.4, -0.2) is 61.8 Å². The average molecular weight is 376 g/mol. The highest BCUT2D eigenvalue weighted by molar-refractivity contribution is 7.88. The zero-order chi connectivity index (χ0) is 18.6. The lowest BCUT2D eigenvalue weighted by Crippen LogP contribution is -2.39. The topological polar surface area (TPSA) is 125 Å². The monoisotopic (exact) mass is 376 g/mol. The van der Waals surface area contributed by atoms with Crippen molar-refractivity contribution in [3.8, 4) is 0 Å². The predicted molar refractivity (Wildman–Crippen MR) is 86.4 cm³/mol. The molecule has 0 saturated carbocycles. The van der Waals surface area contributed by atoms with Gasteiger partial charge in [-0.3, -0.25) is 4.79 Å². The Labute approximate surface area is 145 Å². The fraction of sp³-hybridized carbons (Fsp3) is 0.533. The van der Waals surface area contributed by atoms with Crippen LogP contribution in [0.5, 0.6) is 0 Å². The van der Waals surface area contributed by atoms with E-state index in [-0.39, 0.29) is 25.3 Å². The molecule has 8 nitrogen and oxygen atoms in total. The molecule has 1 aliphatic heterocycles. The second kappa shape index (κ2) is 8.19. The molecule has 0 unspecified atom stereocenters. The van der Waals surface area contributed by atoms with Crippen molar-refractivity contribution in [3.63, 3.8) is 0 Å². The summed E-state index contributed by atoms with van der Waals surface area (Å²) in [5, 5.41) is 22.4. The van der Waals surface area contributed by atoms with Crippen molar-refractivity contribution in [2.45, 2.75) is 37.4 Å². The van der Waals surface area contributed by atoms with Gasteiger partial charge in [-0.15, -0.1) is 0 Å². The number of carbonyl (C=O) groups is 1. The summed E-state index contributed by atoms with van der Waals surface area (Å²) in [5.41, 5.74) is 0.706. The van der Waals surface area contributed by atoms with Gasteiger partial charge in [-0.2, -0.15) is 0 Å². The summed E-state index contributed by atoms with van der Waals surface area (Å²) in [7, 11) is -3.46. The maximum atomic E-state index is 12.8. The number of hydrogen-bond donors (Lipinski definition) is 4. The van der Waals surface area contributed by atoms with Crippen molar-refractivity contribution in [2.24, 2.45) is 0 Å². The highest BCUT2D eigenvalue weighted by atomic mass is 32.2. The Morgan fingerprint density at radius 1 is 1.20 bits per heavy atom. The van der Waals surface area contributed by atoms with Gasteiger partial charge in [0.2, 0.25) is 15.9 Å². The van der Waals surface area contributed by atoms with Gasteiger partial charge in [0.15, 0.2) is 0 Å². The number of sulfonamides is 1. The molecule has 1 aromatic rings. The Morgan fingerprint density at radius 3 is 2.40 bits per heavy atom. The Kier molecular flexibility index (Phi) is 6.47. The van der Waals surface area contributed by atoms with Crippen molar-refractivity contribution in [2.75, 3.05) is 12.8 Å². The molecular weight excluding hydrogens is 355 g/mol. The van der Waals surface area contributed by atoms with E-state index in [2.05, 4.69) is 10.0 Å². The van der Waals surface area contributed by atoms with Crippen molar-refractivity contribution >= 4 is 15.9 Å². The number of aliphatic hydroxyl groups is 2. The number of benzene rings is 1. The van der Waals surface area contributed by atoms with Gasteiger partial charge in [0.05, 0.1) is 18.8 Å². The van der Waals surface area contributed by atoms with Crippen molar-refractivity contribution in [1.29, 1.82) is 0 Å². The molecule has 1 heterocycles. The fourth-order valence-electron chi connectivity index (χ4n) is 2.45. The molecule has 10 heteroatoms. The van der Waals surface area contributed by atoms with Crippen molar-refractivity contribution in [3.05, 3.63) is 35.6 Å². The van der Waals surface area contributed by atoms with Gasteiger partial charge in [-0.05, 0) is 17.7 Å². The minimum Gasteiger partial charge on any atom is -0.388 e. The van der Waals surface area contributed by atoms with E-state index in [1.54, 1.807) is 0 Å². The molecule has 25 heavy (non-hydrogen) atoms. The van der Waals surface area contributed by atoms with E-state index in [1.807, 2.05) is 0 Å². The molecular formula is C15H21FN2O6S. The largest absolute Gasteiger partial charge is 0.388 e. The van der Waals surface area contributed by atoms with Gasteiger partial charge in [0.1, 0.15) is 24.1 Å². The van der Waals surface area contributed by atoms with Crippen LogP contribution in [0.15, 0.2) is 24.3 Å². The third-order valence-electron chi connectivity index (χ3n) is 3.80. The summed E-state index contributed by atoms with van der Waals surface area (Å²) < 4.78 is 42.5. The van der Waals surface area contributed by atoms with Gasteiger partial charge in [0.25, 0.3) is 0 Å². The summed E-state index contributed by atoms with van der Waals surface area (Å²) >= 11 is 0. The van der Waals surface area contributed by atoms with Gasteiger partial charge in [0, 0.05) is 13.1 Å². The first-order valence-electron chi connectivity index (χ1n) is 7.63. The second-order valence-electron chi connectivity index (χ2n) is 5.92. The van der Waals surface area contributed by atoms with Crippen LogP contribution in [0.1, 0.15) is 12.0 Å². The van der Waals surface area contributed by atoms with Gasteiger partial charge in [-0.25, -0.2) is 17.5 Å². The second-order valence-corrected chi connectivity index (χ2v) is 7.76. The number of hydrogen-bond acceptors (Lipinski definition) is 6. The van der Waals surface area contributed by atoms with Gasteiger partial charge >= 0.3 is 0 Å². The van der Waals surface area contributed by atoms with Crippen LogP contribution in [0, 0.1) is 5.82 Å². The zero-order valence-electron chi connectivity index (χ0n) is 13.6. The maximum absolute atomic E-state index is 12.8. The number of amides is 1. The number of halogens is 1. The van der Waals surface area contributed by atoms with Crippen LogP contribution < -0.4 is 10.0 Å². The fourth-order valence-corrected chi connectivity index (χ4v) is 2.92. The molecule has 0 radical (unpaired) electrons. The molecule has 1 amide bonds. The number of nitrogens with one attached hydrogen (secondary N) is 2. The summed E-state index contributed by atoms with van der Waals surface area (Å²) in [5.74, 6) is -0.794. The normalized spacial score (nSPS) is 26.6. The lowest BCUT2D eigenvalue weighted by molar-refractivity contribution is -0.125. The third-order valence-corrected chi connectivity index (χ3v) is 4.49. The summed E-state index contributed by atoms with van der Waals surface area (Å²) in [4.78, 5) is 11.9. The van der Waals surface area contributed by atoms with Crippen LogP contribution in [-0.2, 0) is 26.1 Å². The summed E-state index contributed by atoms with van der Waals surface area (Å²) in [6.45, 7) is -0.0195. The highest BCUT2D eigenvalue weighted by Crippen LogP contribution is 2.23. The molecule has 4 atom stereocenters. The summed E-state index contributed by atoms with van der Waals surface area (Å²) in [6.07, 6.45) is -3.73. The van der Waals surface area contributed by atoms with E-state index in [9.17, 15) is 27.8 Å². The van der Waals surface area contributed by atoms with E-state index in [0.29, 0.717) is 5.56 Å². The molecule has 140 valence electrons. The molecule has 1 aromatic carbocycles. The Hall–Kier alpha value is -1.59. The quantitative estimate of drug-likeness (QED) is 0.477. The van der Waals surface area contributed by atoms with E-state index >= 15 is 0 Å². The first kappa shape index (κ1) is 19.7. The molecule has 0 aromatic heterocycles. The Balaban J connectivity index is 1.82. The van der Waals surface area contributed by atoms with Crippen molar-refractivity contribution in [1.82, 2.24) is 10.0 Å². The van der Waals surface area contributed by atoms with Crippen molar-refractivity contribution < 1.29 is 32.6 Å². The number of carbonyl (C=O) groups excluding carboxylic acids is 1. The third kappa shape index (κ3) is 6.01. The number of ether oxygens (including phenoxy) is 1. The zero-order valence-corrected chi connectivity index (χ0v) is 14.4. The van der Waals surface area contributed by atoms with E-state index in [4.69, 9.17) is 4.74 Å². The maximum Gasteiger partial charge on any atom is 0.222 e. The molecule has 2 rings (SSSR count). The van der Waals surface area contributed by atoms with Crippen LogP contribution in [0.3, 0.4) is 0 Å². The molecule has 1 fully saturated rings. The molecule has 1 saturated heterocycles. The minimum absolute atomic E-state index is 0.184. The first-order valence-corrected chi connectivity index (χ1v) is 9.52.